The first-order valence-corrected chi connectivity index (χ1v) is 9.66. The van der Waals surface area contributed by atoms with Gasteiger partial charge in [0.1, 0.15) is 5.60 Å². The molecule has 1 atom stereocenters. The summed E-state index contributed by atoms with van der Waals surface area (Å²) in [6.45, 7) is 11.3. The number of hydrogen-bond acceptors (Lipinski definition) is 5. The summed E-state index contributed by atoms with van der Waals surface area (Å²) in [6, 6.07) is 0. The van der Waals surface area contributed by atoms with Crippen LogP contribution >= 0.6 is 11.3 Å². The number of ether oxygens (including phenoxy) is 2. The van der Waals surface area contributed by atoms with Gasteiger partial charge in [0, 0.05) is 23.3 Å². The van der Waals surface area contributed by atoms with Crippen molar-refractivity contribution in [3.05, 3.63) is 21.4 Å². The number of likely N-dealkylation sites (tertiary alicyclic amines) is 1. The second kappa shape index (κ2) is 7.77. The van der Waals surface area contributed by atoms with E-state index in [4.69, 9.17) is 9.47 Å². The van der Waals surface area contributed by atoms with Crippen LogP contribution in [0.25, 0.3) is 0 Å². The van der Waals surface area contributed by atoms with Crippen LogP contribution in [0.3, 0.4) is 0 Å². The van der Waals surface area contributed by atoms with Crippen molar-refractivity contribution < 1.29 is 19.1 Å². The lowest BCUT2D eigenvalue weighted by molar-refractivity contribution is 0.0176. The van der Waals surface area contributed by atoms with Gasteiger partial charge in [0.15, 0.2) is 0 Å². The van der Waals surface area contributed by atoms with Crippen molar-refractivity contribution in [1.82, 2.24) is 4.90 Å². The van der Waals surface area contributed by atoms with Gasteiger partial charge in [0.2, 0.25) is 0 Å². The molecule has 1 saturated heterocycles. The zero-order valence-electron chi connectivity index (χ0n) is 16.0. The van der Waals surface area contributed by atoms with E-state index in [2.05, 4.69) is 6.92 Å². The van der Waals surface area contributed by atoms with E-state index in [1.54, 1.807) is 16.2 Å². The minimum absolute atomic E-state index is 0.223. The molecular weight excluding hydrogens is 338 g/mol. The number of carbonyl (C=O) groups excluding carboxylic acids is 2. The van der Waals surface area contributed by atoms with Gasteiger partial charge in [-0.1, -0.05) is 6.92 Å². The Morgan fingerprint density at radius 1 is 1.28 bits per heavy atom. The molecule has 1 aliphatic heterocycles. The largest absolute Gasteiger partial charge is 0.465 e. The normalized spacial score (nSPS) is 17.3. The lowest BCUT2D eigenvalue weighted by Crippen LogP contribution is -2.42. The van der Waals surface area contributed by atoms with Crippen LogP contribution in [0.4, 0.5) is 4.79 Å². The maximum absolute atomic E-state index is 12.2. The molecule has 2 rings (SSSR count). The van der Waals surface area contributed by atoms with Crippen LogP contribution < -0.4 is 0 Å². The van der Waals surface area contributed by atoms with E-state index in [0.717, 1.165) is 31.5 Å². The summed E-state index contributed by atoms with van der Waals surface area (Å²) in [4.78, 5) is 27.0. The van der Waals surface area contributed by atoms with Crippen LogP contribution in [0.2, 0.25) is 0 Å². The number of hydrogen-bond donors (Lipinski definition) is 0. The molecule has 1 aliphatic rings. The number of methoxy groups -OCH3 is 1. The number of carbonyl (C=O) groups is 2. The monoisotopic (exact) mass is 367 g/mol. The minimum Gasteiger partial charge on any atom is -0.465 e. The van der Waals surface area contributed by atoms with Crippen LogP contribution in [-0.2, 0) is 9.47 Å². The van der Waals surface area contributed by atoms with Crippen molar-refractivity contribution in [2.24, 2.45) is 5.92 Å². The molecule has 140 valence electrons. The third-order valence-corrected chi connectivity index (χ3v) is 6.08. The number of thiophene rings is 1. The number of rotatable bonds is 3. The Morgan fingerprint density at radius 3 is 2.40 bits per heavy atom. The zero-order chi connectivity index (χ0) is 18.8. The molecule has 0 aromatic carbocycles. The third kappa shape index (κ3) is 4.75. The van der Waals surface area contributed by atoms with Crippen LogP contribution in [0.15, 0.2) is 5.38 Å². The molecule has 5 nitrogen and oxygen atoms in total. The Bertz CT molecular complexity index is 624. The van der Waals surface area contributed by atoms with Crippen molar-refractivity contribution in [2.45, 2.75) is 59.0 Å². The van der Waals surface area contributed by atoms with E-state index < -0.39 is 5.60 Å². The predicted octanol–water partition coefficient (Wildman–Crippen LogP) is 4.59. The molecule has 1 fully saturated rings. The topological polar surface area (TPSA) is 55.8 Å². The second-order valence-corrected chi connectivity index (χ2v) is 8.63. The summed E-state index contributed by atoms with van der Waals surface area (Å²) < 4.78 is 10.3. The molecule has 2 heterocycles. The van der Waals surface area contributed by atoms with Crippen LogP contribution in [-0.4, -0.2) is 42.8 Å². The maximum Gasteiger partial charge on any atom is 0.410 e. The van der Waals surface area contributed by atoms with Crippen molar-refractivity contribution in [1.29, 1.82) is 0 Å². The highest BCUT2D eigenvalue weighted by molar-refractivity contribution is 7.10. The van der Waals surface area contributed by atoms with Gasteiger partial charge in [-0.05, 0) is 57.9 Å². The number of amides is 1. The van der Waals surface area contributed by atoms with Crippen LogP contribution in [0, 0.1) is 12.8 Å². The molecule has 6 heteroatoms. The fourth-order valence-corrected chi connectivity index (χ4v) is 4.53. The van der Waals surface area contributed by atoms with E-state index in [0.29, 0.717) is 17.4 Å². The number of nitrogens with zero attached hydrogens (tertiary/aromatic N) is 1. The van der Waals surface area contributed by atoms with Gasteiger partial charge < -0.3 is 14.4 Å². The smallest absolute Gasteiger partial charge is 0.410 e. The fraction of sp³-hybridized carbons (Fsp3) is 0.684. The molecule has 1 amide bonds. The van der Waals surface area contributed by atoms with E-state index >= 15 is 0 Å². The van der Waals surface area contributed by atoms with Gasteiger partial charge in [-0.3, -0.25) is 0 Å². The van der Waals surface area contributed by atoms with Gasteiger partial charge in [0.05, 0.1) is 12.7 Å². The Kier molecular flexibility index (Phi) is 6.14. The summed E-state index contributed by atoms with van der Waals surface area (Å²) >= 11 is 1.63. The molecular formula is C19H29NO4S. The standard InChI is InChI=1S/C19H29NO4S/c1-12(16-13(2)15(11-25-16)17(21)23-6)14-7-9-20(10-8-14)18(22)24-19(3,4)5/h11-12,14H,7-10H2,1-6H3/t12-/m1/s1. The predicted molar refractivity (Wildman–Crippen MR) is 99.3 cm³/mol. The molecule has 0 radical (unpaired) electrons. The summed E-state index contributed by atoms with van der Waals surface area (Å²) in [5.41, 5.74) is 1.24. The molecule has 0 saturated carbocycles. The highest BCUT2D eigenvalue weighted by atomic mass is 32.1. The highest BCUT2D eigenvalue weighted by Crippen LogP contribution is 2.38. The fourth-order valence-electron chi connectivity index (χ4n) is 3.31. The Morgan fingerprint density at radius 2 is 1.88 bits per heavy atom. The third-order valence-electron chi connectivity index (χ3n) is 4.79. The van der Waals surface area contributed by atoms with E-state index in [1.165, 1.54) is 12.0 Å². The van der Waals surface area contributed by atoms with Gasteiger partial charge in [-0.2, -0.15) is 0 Å². The Hall–Kier alpha value is -1.56. The molecule has 0 unspecified atom stereocenters. The lowest BCUT2D eigenvalue weighted by Gasteiger charge is -2.35. The molecule has 25 heavy (non-hydrogen) atoms. The van der Waals surface area contributed by atoms with E-state index in [-0.39, 0.29) is 12.1 Å². The van der Waals surface area contributed by atoms with Crippen LogP contribution in [0.1, 0.15) is 67.3 Å². The summed E-state index contributed by atoms with van der Waals surface area (Å²) in [5, 5.41) is 1.89. The lowest BCUT2D eigenvalue weighted by atomic mass is 9.83. The number of esters is 1. The van der Waals surface area contributed by atoms with Gasteiger partial charge >= 0.3 is 12.1 Å². The van der Waals surface area contributed by atoms with Gasteiger partial charge in [-0.15, -0.1) is 11.3 Å². The average Bonchev–Trinajstić information content (AvgIpc) is 2.93. The van der Waals surface area contributed by atoms with E-state index in [9.17, 15) is 9.59 Å². The first-order valence-electron chi connectivity index (χ1n) is 8.78. The summed E-state index contributed by atoms with van der Waals surface area (Å²) in [6.07, 6.45) is 1.68. The highest BCUT2D eigenvalue weighted by Gasteiger charge is 2.31. The van der Waals surface area contributed by atoms with Crippen molar-refractivity contribution in [3.8, 4) is 0 Å². The zero-order valence-corrected chi connectivity index (χ0v) is 16.9. The van der Waals surface area contributed by atoms with Crippen molar-refractivity contribution in [2.75, 3.05) is 20.2 Å². The average molecular weight is 368 g/mol. The Balaban J connectivity index is 1.98. The second-order valence-electron chi connectivity index (χ2n) is 7.72. The minimum atomic E-state index is -0.459. The molecule has 1 aromatic rings. The SMILES string of the molecule is COC(=O)c1csc([C@H](C)C2CCN(C(=O)OC(C)(C)C)CC2)c1C. The molecule has 0 N–H and O–H groups in total. The first-order chi connectivity index (χ1) is 11.6. The van der Waals surface area contributed by atoms with Crippen LogP contribution in [0.5, 0.6) is 0 Å². The summed E-state index contributed by atoms with van der Waals surface area (Å²) in [7, 11) is 1.41. The summed E-state index contributed by atoms with van der Waals surface area (Å²) in [5.74, 6) is 0.595. The van der Waals surface area contributed by atoms with Crippen molar-refractivity contribution in [3.63, 3.8) is 0 Å². The quantitative estimate of drug-likeness (QED) is 0.733. The molecule has 0 spiro atoms. The molecule has 0 bridgehead atoms. The Labute approximate surface area is 154 Å². The molecule has 1 aromatic heterocycles. The molecule has 0 aliphatic carbocycles. The van der Waals surface area contributed by atoms with Gasteiger partial charge in [-0.25, -0.2) is 9.59 Å². The van der Waals surface area contributed by atoms with E-state index in [1.807, 2.05) is 33.1 Å². The maximum atomic E-state index is 12.2. The number of piperidine rings is 1. The van der Waals surface area contributed by atoms with Crippen molar-refractivity contribution >= 4 is 23.4 Å². The first kappa shape index (κ1) is 19.8. The van der Waals surface area contributed by atoms with Gasteiger partial charge in [0.25, 0.3) is 0 Å².